The summed E-state index contributed by atoms with van der Waals surface area (Å²) in [5.41, 5.74) is 2.97. The van der Waals surface area contributed by atoms with E-state index in [0.29, 0.717) is 37.0 Å². The van der Waals surface area contributed by atoms with Gasteiger partial charge in [-0.2, -0.15) is 4.31 Å². The van der Waals surface area contributed by atoms with E-state index in [0.717, 1.165) is 11.1 Å². The Morgan fingerprint density at radius 1 is 0.929 bits per heavy atom. The number of carbonyl (C=O) groups is 1. The predicted octanol–water partition coefficient (Wildman–Crippen LogP) is 4.28. The van der Waals surface area contributed by atoms with E-state index in [9.17, 15) is 13.2 Å². The van der Waals surface area contributed by atoms with Crippen LogP contribution in [0.5, 0.6) is 0 Å². The maximum Gasteiger partial charge on any atom is 0.243 e. The zero-order valence-electron chi connectivity index (χ0n) is 17.8. The van der Waals surface area contributed by atoms with Crippen LogP contribution >= 0.6 is 15.9 Å². The molecule has 0 aromatic heterocycles. The van der Waals surface area contributed by atoms with Gasteiger partial charge < -0.3 is 4.90 Å². The van der Waals surface area contributed by atoms with Crippen LogP contribution in [0.25, 0.3) is 0 Å². The van der Waals surface area contributed by atoms with Crippen LogP contribution in [-0.4, -0.2) is 55.0 Å². The van der Waals surface area contributed by atoms with Gasteiger partial charge in [-0.25, -0.2) is 8.42 Å². The van der Waals surface area contributed by atoms with Crippen molar-refractivity contribution >= 4 is 31.9 Å². The molecule has 1 fully saturated rings. The van der Waals surface area contributed by atoms with Crippen molar-refractivity contribution in [1.29, 1.82) is 0 Å². The van der Waals surface area contributed by atoms with Gasteiger partial charge in [-0.3, -0.25) is 4.79 Å². The lowest BCUT2D eigenvalue weighted by molar-refractivity contribution is -0.129. The van der Waals surface area contributed by atoms with Gasteiger partial charge in [-0.15, -0.1) is 0 Å². The van der Waals surface area contributed by atoms with E-state index in [2.05, 4.69) is 69.6 Å². The molecule has 158 valence electrons. The van der Waals surface area contributed by atoms with Gasteiger partial charge in [0.15, 0.2) is 0 Å². The van der Waals surface area contributed by atoms with Crippen molar-refractivity contribution in [3.8, 4) is 0 Å². The standard InChI is InChI=1S/C21H33BrN2O3S/c1-14(2)17-11-18(15(3)4)21(19(12-17)16(5)6)28(26,27)24-9-7-23(8-10-24)20(25)13-22/h11-12,14-16H,7-10,13H2,1-6H3. The zero-order valence-corrected chi connectivity index (χ0v) is 20.2. The first kappa shape index (κ1) is 23.4. The van der Waals surface area contributed by atoms with Crippen LogP contribution in [0.2, 0.25) is 0 Å². The molecule has 0 spiro atoms. The van der Waals surface area contributed by atoms with E-state index >= 15 is 0 Å². The molecule has 0 saturated carbocycles. The zero-order chi connectivity index (χ0) is 21.2. The predicted molar refractivity (Wildman–Crippen MR) is 118 cm³/mol. The molecule has 1 amide bonds. The second-order valence-electron chi connectivity index (χ2n) is 8.41. The summed E-state index contributed by atoms with van der Waals surface area (Å²) in [6.07, 6.45) is 0. The average molecular weight is 473 g/mol. The minimum atomic E-state index is -3.63. The molecule has 0 bridgehead atoms. The number of hydrogen-bond donors (Lipinski definition) is 0. The van der Waals surface area contributed by atoms with Gasteiger partial charge in [0.2, 0.25) is 15.9 Å². The first-order chi connectivity index (χ1) is 13.0. The number of alkyl halides is 1. The number of sulfonamides is 1. The van der Waals surface area contributed by atoms with Gasteiger partial charge in [-0.1, -0.05) is 69.6 Å². The summed E-state index contributed by atoms with van der Waals surface area (Å²) >= 11 is 3.19. The highest BCUT2D eigenvalue weighted by Gasteiger charge is 2.34. The summed E-state index contributed by atoms with van der Waals surface area (Å²) < 4.78 is 28.9. The summed E-state index contributed by atoms with van der Waals surface area (Å²) in [6.45, 7) is 14.0. The molecule has 0 atom stereocenters. The molecule has 1 aliphatic rings. The van der Waals surface area contributed by atoms with Crippen LogP contribution in [0, 0.1) is 0 Å². The second-order valence-corrected chi connectivity index (χ2v) is 10.8. The van der Waals surface area contributed by atoms with Crippen LogP contribution in [0.3, 0.4) is 0 Å². The van der Waals surface area contributed by atoms with Crippen LogP contribution in [0.15, 0.2) is 17.0 Å². The van der Waals surface area contributed by atoms with Crippen LogP contribution in [0.4, 0.5) is 0 Å². The highest BCUT2D eigenvalue weighted by molar-refractivity contribution is 9.09. The van der Waals surface area contributed by atoms with Gasteiger partial charge in [0.1, 0.15) is 0 Å². The molecule has 0 aliphatic carbocycles. The molecule has 1 aromatic carbocycles. The molecule has 1 aliphatic heterocycles. The second kappa shape index (κ2) is 9.26. The SMILES string of the molecule is CC(C)c1cc(C(C)C)c(S(=O)(=O)N2CCN(C(=O)CBr)CC2)c(C(C)C)c1. The Morgan fingerprint density at radius 2 is 1.39 bits per heavy atom. The van der Waals surface area contributed by atoms with Crippen molar-refractivity contribution in [2.24, 2.45) is 0 Å². The van der Waals surface area contributed by atoms with Crippen molar-refractivity contribution in [3.63, 3.8) is 0 Å². The summed E-state index contributed by atoms with van der Waals surface area (Å²) in [4.78, 5) is 14.1. The summed E-state index contributed by atoms with van der Waals surface area (Å²) in [5.74, 6) is 0.559. The number of amides is 1. The van der Waals surface area contributed by atoms with Crippen LogP contribution in [-0.2, 0) is 14.8 Å². The Hall–Kier alpha value is -0.920. The minimum Gasteiger partial charge on any atom is -0.339 e. The Balaban J connectivity index is 2.51. The topological polar surface area (TPSA) is 57.7 Å². The molecule has 2 rings (SSSR count). The molecular weight excluding hydrogens is 440 g/mol. The minimum absolute atomic E-state index is 0.00377. The number of benzene rings is 1. The molecule has 5 nitrogen and oxygen atoms in total. The first-order valence-corrected chi connectivity index (χ1v) is 12.6. The van der Waals surface area contributed by atoms with Crippen molar-refractivity contribution in [2.45, 2.75) is 64.2 Å². The van der Waals surface area contributed by atoms with E-state index in [-0.39, 0.29) is 23.1 Å². The Kier molecular flexibility index (Phi) is 7.73. The van der Waals surface area contributed by atoms with Crippen LogP contribution in [0.1, 0.15) is 76.0 Å². The largest absolute Gasteiger partial charge is 0.339 e. The number of nitrogens with zero attached hydrogens (tertiary/aromatic N) is 2. The van der Waals surface area contributed by atoms with E-state index in [1.54, 1.807) is 9.21 Å². The molecule has 1 heterocycles. The molecule has 0 radical (unpaired) electrons. The fourth-order valence-electron chi connectivity index (χ4n) is 3.58. The molecule has 0 N–H and O–H groups in total. The van der Waals surface area contributed by atoms with Gasteiger partial charge in [0.25, 0.3) is 0 Å². The van der Waals surface area contributed by atoms with Crippen molar-refractivity contribution in [3.05, 3.63) is 28.8 Å². The maximum atomic E-state index is 13.7. The summed E-state index contributed by atoms with van der Waals surface area (Å²) in [6, 6.07) is 4.14. The molecule has 7 heteroatoms. The van der Waals surface area contributed by atoms with Crippen molar-refractivity contribution in [1.82, 2.24) is 9.21 Å². The lowest BCUT2D eigenvalue weighted by atomic mass is 9.89. The highest BCUT2D eigenvalue weighted by Crippen LogP contribution is 2.36. The summed E-state index contributed by atoms with van der Waals surface area (Å²) in [7, 11) is -3.63. The van der Waals surface area contributed by atoms with Gasteiger partial charge in [-0.05, 0) is 34.4 Å². The van der Waals surface area contributed by atoms with Gasteiger partial charge >= 0.3 is 0 Å². The van der Waals surface area contributed by atoms with Crippen molar-refractivity contribution in [2.75, 3.05) is 31.5 Å². The van der Waals surface area contributed by atoms with Gasteiger partial charge in [0.05, 0.1) is 10.2 Å². The van der Waals surface area contributed by atoms with Gasteiger partial charge in [0, 0.05) is 26.2 Å². The first-order valence-electron chi connectivity index (χ1n) is 10.0. The number of halogens is 1. The quantitative estimate of drug-likeness (QED) is 0.580. The molecular formula is C21H33BrN2O3S. The Morgan fingerprint density at radius 3 is 1.75 bits per heavy atom. The van der Waals surface area contributed by atoms with E-state index < -0.39 is 10.0 Å². The third-order valence-electron chi connectivity index (χ3n) is 5.38. The lowest BCUT2D eigenvalue weighted by Crippen LogP contribution is -2.51. The molecule has 0 unspecified atom stereocenters. The Bertz CT molecular complexity index is 782. The normalized spacial score (nSPS) is 16.4. The smallest absolute Gasteiger partial charge is 0.243 e. The van der Waals surface area contributed by atoms with Crippen molar-refractivity contribution < 1.29 is 13.2 Å². The fourth-order valence-corrected chi connectivity index (χ4v) is 6.02. The van der Waals surface area contributed by atoms with E-state index in [1.807, 2.05) is 0 Å². The number of carbonyl (C=O) groups excluding carboxylic acids is 1. The van der Waals surface area contributed by atoms with E-state index in [1.165, 1.54) is 5.56 Å². The summed E-state index contributed by atoms with van der Waals surface area (Å²) in [5, 5.41) is 0.269. The third kappa shape index (κ3) is 4.79. The number of piperazine rings is 1. The molecule has 1 aromatic rings. The molecule has 1 saturated heterocycles. The highest BCUT2D eigenvalue weighted by atomic mass is 79.9. The number of rotatable bonds is 6. The Labute approximate surface area is 178 Å². The fraction of sp³-hybridized carbons (Fsp3) is 0.667. The lowest BCUT2D eigenvalue weighted by Gasteiger charge is -2.35. The molecule has 28 heavy (non-hydrogen) atoms. The monoisotopic (exact) mass is 472 g/mol. The third-order valence-corrected chi connectivity index (χ3v) is 7.89. The number of hydrogen-bond acceptors (Lipinski definition) is 3. The maximum absolute atomic E-state index is 13.7. The van der Waals surface area contributed by atoms with E-state index in [4.69, 9.17) is 0 Å². The average Bonchev–Trinajstić information content (AvgIpc) is 2.66. The van der Waals surface area contributed by atoms with Crippen LogP contribution < -0.4 is 0 Å².